The maximum absolute atomic E-state index is 10.3. The molecule has 2 saturated heterocycles. The highest BCUT2D eigenvalue weighted by atomic mass is 16.5. The van der Waals surface area contributed by atoms with Gasteiger partial charge >= 0.3 is 0 Å². The molecule has 134 valence electrons. The zero-order valence-electron chi connectivity index (χ0n) is 15.0. The lowest BCUT2D eigenvalue weighted by Crippen LogP contribution is -2.35. The molecule has 1 aromatic carbocycles. The normalized spacial score (nSPS) is 26.1. The van der Waals surface area contributed by atoms with Gasteiger partial charge in [0.05, 0.1) is 25.4 Å². The fourth-order valence-corrected chi connectivity index (χ4v) is 4.06. The molecule has 0 amide bonds. The number of aliphatic hydroxyl groups excluding tert-OH is 1. The summed E-state index contributed by atoms with van der Waals surface area (Å²) in [4.78, 5) is 2.41. The monoisotopic (exact) mass is 333 g/mol. The summed E-state index contributed by atoms with van der Waals surface area (Å²) in [6, 6.07) is 7.22. The molecule has 0 spiro atoms. The van der Waals surface area contributed by atoms with Crippen molar-refractivity contribution in [3.63, 3.8) is 0 Å². The molecule has 24 heavy (non-hydrogen) atoms. The summed E-state index contributed by atoms with van der Waals surface area (Å²) >= 11 is 0. The lowest BCUT2D eigenvalue weighted by Gasteiger charge is -2.27. The molecule has 1 aromatic rings. The minimum absolute atomic E-state index is 0.229. The SMILES string of the molecule is Cc1cc(C)cc(C2CCCN2CC(O)COCC2CCCO2)c1. The van der Waals surface area contributed by atoms with E-state index in [2.05, 4.69) is 36.9 Å². The molecular formula is C20H31NO3. The molecule has 2 heterocycles. The van der Waals surface area contributed by atoms with E-state index < -0.39 is 6.10 Å². The van der Waals surface area contributed by atoms with Crippen molar-refractivity contribution in [2.45, 2.75) is 57.8 Å². The lowest BCUT2D eigenvalue weighted by atomic mass is 9.99. The first-order chi connectivity index (χ1) is 11.6. The molecule has 0 radical (unpaired) electrons. The number of nitrogens with zero attached hydrogens (tertiary/aromatic N) is 1. The summed E-state index contributed by atoms with van der Waals surface area (Å²) in [6.45, 7) is 7.91. The van der Waals surface area contributed by atoms with Crippen LogP contribution in [0.4, 0.5) is 0 Å². The maximum Gasteiger partial charge on any atom is 0.0900 e. The summed E-state index contributed by atoms with van der Waals surface area (Å²) in [5.41, 5.74) is 4.02. The van der Waals surface area contributed by atoms with Gasteiger partial charge in [0.1, 0.15) is 0 Å². The standard InChI is InChI=1S/C20H31NO3/c1-15-9-16(2)11-17(10-15)20-6-3-7-21(20)12-18(22)13-23-14-19-5-4-8-24-19/h9-11,18-20,22H,3-8,12-14H2,1-2H3. The molecule has 4 heteroatoms. The summed E-state index contributed by atoms with van der Waals surface area (Å²) < 4.78 is 11.2. The van der Waals surface area contributed by atoms with Gasteiger partial charge in [-0.05, 0) is 51.6 Å². The summed E-state index contributed by atoms with van der Waals surface area (Å²) in [5, 5.41) is 10.3. The number of rotatable bonds is 7. The first-order valence-electron chi connectivity index (χ1n) is 9.31. The zero-order valence-corrected chi connectivity index (χ0v) is 15.0. The highest BCUT2D eigenvalue weighted by Crippen LogP contribution is 2.32. The Morgan fingerprint density at radius 3 is 2.71 bits per heavy atom. The fourth-order valence-electron chi connectivity index (χ4n) is 4.06. The number of likely N-dealkylation sites (tertiary alicyclic amines) is 1. The first kappa shape index (κ1) is 17.9. The predicted molar refractivity (Wildman–Crippen MR) is 95.3 cm³/mol. The van der Waals surface area contributed by atoms with E-state index in [0.717, 1.165) is 26.0 Å². The predicted octanol–water partition coefficient (Wildman–Crippen LogP) is 3.00. The quantitative estimate of drug-likeness (QED) is 0.833. The van der Waals surface area contributed by atoms with Gasteiger partial charge in [0.25, 0.3) is 0 Å². The Labute approximate surface area is 145 Å². The van der Waals surface area contributed by atoms with Crippen molar-refractivity contribution in [2.75, 3.05) is 32.9 Å². The second-order valence-corrected chi connectivity index (χ2v) is 7.40. The van der Waals surface area contributed by atoms with Crippen LogP contribution in [0.5, 0.6) is 0 Å². The molecule has 3 rings (SSSR count). The summed E-state index contributed by atoms with van der Waals surface area (Å²) in [5.74, 6) is 0. The fraction of sp³-hybridized carbons (Fsp3) is 0.700. The largest absolute Gasteiger partial charge is 0.389 e. The van der Waals surface area contributed by atoms with Gasteiger partial charge in [0.2, 0.25) is 0 Å². The number of hydrogen-bond donors (Lipinski definition) is 1. The van der Waals surface area contributed by atoms with E-state index in [1.807, 2.05) is 0 Å². The average Bonchev–Trinajstić information content (AvgIpc) is 3.17. The van der Waals surface area contributed by atoms with E-state index in [1.165, 1.54) is 29.5 Å². The lowest BCUT2D eigenvalue weighted by molar-refractivity contribution is -0.0261. The Morgan fingerprint density at radius 1 is 1.21 bits per heavy atom. The molecule has 0 aromatic heterocycles. The molecule has 0 saturated carbocycles. The highest BCUT2D eigenvalue weighted by Gasteiger charge is 2.28. The molecule has 4 nitrogen and oxygen atoms in total. The van der Waals surface area contributed by atoms with Gasteiger partial charge in [0, 0.05) is 19.2 Å². The van der Waals surface area contributed by atoms with Crippen LogP contribution in [-0.4, -0.2) is 55.1 Å². The van der Waals surface area contributed by atoms with Crippen molar-refractivity contribution in [2.24, 2.45) is 0 Å². The highest BCUT2D eigenvalue weighted by molar-refractivity contribution is 5.31. The number of ether oxygens (including phenoxy) is 2. The van der Waals surface area contributed by atoms with Crippen LogP contribution < -0.4 is 0 Å². The van der Waals surface area contributed by atoms with Crippen LogP contribution in [0.15, 0.2) is 18.2 Å². The van der Waals surface area contributed by atoms with E-state index in [0.29, 0.717) is 25.8 Å². The van der Waals surface area contributed by atoms with E-state index in [4.69, 9.17) is 9.47 Å². The maximum atomic E-state index is 10.3. The molecule has 2 fully saturated rings. The molecule has 3 atom stereocenters. The van der Waals surface area contributed by atoms with Gasteiger partial charge in [-0.1, -0.05) is 29.3 Å². The van der Waals surface area contributed by atoms with E-state index in [9.17, 15) is 5.11 Å². The Hall–Kier alpha value is -0.940. The van der Waals surface area contributed by atoms with E-state index in [-0.39, 0.29) is 6.10 Å². The Kier molecular flexibility index (Phi) is 6.28. The molecule has 2 aliphatic heterocycles. The number of hydrogen-bond acceptors (Lipinski definition) is 4. The van der Waals surface area contributed by atoms with E-state index in [1.54, 1.807) is 0 Å². The minimum atomic E-state index is -0.432. The van der Waals surface area contributed by atoms with Gasteiger partial charge in [0.15, 0.2) is 0 Å². The third-order valence-electron chi connectivity index (χ3n) is 5.08. The molecule has 2 aliphatic rings. The molecule has 0 aliphatic carbocycles. The molecule has 3 unspecified atom stereocenters. The van der Waals surface area contributed by atoms with Gasteiger partial charge in [-0.3, -0.25) is 4.90 Å². The van der Waals surface area contributed by atoms with E-state index >= 15 is 0 Å². The summed E-state index contributed by atoms with van der Waals surface area (Å²) in [7, 11) is 0. The second-order valence-electron chi connectivity index (χ2n) is 7.40. The van der Waals surface area contributed by atoms with Gasteiger partial charge in [-0.25, -0.2) is 0 Å². The average molecular weight is 333 g/mol. The molecular weight excluding hydrogens is 302 g/mol. The number of aliphatic hydroxyl groups is 1. The third-order valence-corrected chi connectivity index (χ3v) is 5.08. The Bertz CT molecular complexity index is 507. The van der Waals surface area contributed by atoms with Gasteiger partial charge < -0.3 is 14.6 Å². The summed E-state index contributed by atoms with van der Waals surface area (Å²) in [6.07, 6.45) is 4.37. The minimum Gasteiger partial charge on any atom is -0.389 e. The Balaban J connectivity index is 1.49. The topological polar surface area (TPSA) is 41.9 Å². The number of benzene rings is 1. The van der Waals surface area contributed by atoms with Crippen molar-refractivity contribution in [3.05, 3.63) is 34.9 Å². The van der Waals surface area contributed by atoms with Crippen LogP contribution in [0.1, 0.15) is 48.4 Å². The molecule has 1 N–H and O–H groups in total. The zero-order chi connectivity index (χ0) is 16.9. The third kappa shape index (κ3) is 4.79. The van der Waals surface area contributed by atoms with Gasteiger partial charge in [-0.15, -0.1) is 0 Å². The van der Waals surface area contributed by atoms with Crippen LogP contribution in [0.3, 0.4) is 0 Å². The van der Waals surface area contributed by atoms with Crippen molar-refractivity contribution in [1.29, 1.82) is 0 Å². The van der Waals surface area contributed by atoms with Crippen LogP contribution in [-0.2, 0) is 9.47 Å². The first-order valence-corrected chi connectivity index (χ1v) is 9.31. The number of aryl methyl sites for hydroxylation is 2. The van der Waals surface area contributed by atoms with Crippen molar-refractivity contribution in [3.8, 4) is 0 Å². The van der Waals surface area contributed by atoms with Crippen LogP contribution in [0, 0.1) is 13.8 Å². The van der Waals surface area contributed by atoms with Crippen molar-refractivity contribution >= 4 is 0 Å². The smallest absolute Gasteiger partial charge is 0.0900 e. The Morgan fingerprint density at radius 2 is 2.00 bits per heavy atom. The number of β-amino-alcohol motifs (C(OH)–C–C–N with tert-alkyl or cyclic N) is 1. The van der Waals surface area contributed by atoms with Crippen molar-refractivity contribution < 1.29 is 14.6 Å². The van der Waals surface area contributed by atoms with Crippen LogP contribution >= 0.6 is 0 Å². The van der Waals surface area contributed by atoms with Gasteiger partial charge in [-0.2, -0.15) is 0 Å². The second kappa shape index (κ2) is 8.43. The van der Waals surface area contributed by atoms with Crippen LogP contribution in [0.2, 0.25) is 0 Å². The van der Waals surface area contributed by atoms with Crippen molar-refractivity contribution in [1.82, 2.24) is 4.90 Å². The molecule has 0 bridgehead atoms. The van der Waals surface area contributed by atoms with Crippen LogP contribution in [0.25, 0.3) is 0 Å².